The van der Waals surface area contributed by atoms with Crippen LogP contribution in [0.5, 0.6) is 0 Å². The molecule has 1 aliphatic heterocycles. The van der Waals surface area contributed by atoms with Gasteiger partial charge >= 0.3 is 6.03 Å². The zero-order valence-corrected chi connectivity index (χ0v) is 21.4. The van der Waals surface area contributed by atoms with Gasteiger partial charge in [-0.05, 0) is 44.4 Å². The lowest BCUT2D eigenvalue weighted by Crippen LogP contribution is -2.60. The van der Waals surface area contributed by atoms with Crippen LogP contribution in [0.1, 0.15) is 50.2 Å². The van der Waals surface area contributed by atoms with Gasteiger partial charge in [0.15, 0.2) is 0 Å². The van der Waals surface area contributed by atoms with Crippen LogP contribution in [0.25, 0.3) is 0 Å². The molecule has 192 valence electrons. The number of benzene rings is 2. The van der Waals surface area contributed by atoms with Crippen LogP contribution < -0.4 is 10.6 Å². The minimum Gasteiger partial charge on any atom is -0.337 e. The largest absolute Gasteiger partial charge is 0.337 e. The van der Waals surface area contributed by atoms with E-state index in [-0.39, 0.29) is 23.8 Å². The zero-order chi connectivity index (χ0) is 25.5. The highest BCUT2D eigenvalue weighted by Gasteiger charge is 2.36. The third kappa shape index (κ3) is 6.65. The minimum atomic E-state index is -0.703. The Bertz CT molecular complexity index is 1030. The molecule has 2 aliphatic rings. The quantitative estimate of drug-likeness (QED) is 0.631. The Hall–Kier alpha value is -3.35. The van der Waals surface area contributed by atoms with Crippen molar-refractivity contribution in [2.45, 2.75) is 64.5 Å². The number of piperazine rings is 1. The van der Waals surface area contributed by atoms with Crippen molar-refractivity contribution in [3.63, 3.8) is 0 Å². The number of nitrogens with one attached hydrogen (secondary N) is 2. The number of aryl methyl sites for hydroxylation is 1. The maximum atomic E-state index is 13.6. The van der Waals surface area contributed by atoms with Crippen molar-refractivity contribution in [2.75, 3.05) is 25.0 Å². The Balaban J connectivity index is 1.41. The summed E-state index contributed by atoms with van der Waals surface area (Å²) in [5.41, 5.74) is 2.76. The second kappa shape index (κ2) is 12.1. The zero-order valence-electron chi connectivity index (χ0n) is 21.4. The summed E-state index contributed by atoms with van der Waals surface area (Å²) < 4.78 is 0. The van der Waals surface area contributed by atoms with Crippen molar-refractivity contribution < 1.29 is 14.4 Å². The average molecular weight is 491 g/mol. The van der Waals surface area contributed by atoms with Gasteiger partial charge in [0.1, 0.15) is 6.04 Å². The molecule has 7 nitrogen and oxygen atoms in total. The predicted molar refractivity (Wildman–Crippen MR) is 142 cm³/mol. The molecule has 0 bridgehead atoms. The maximum Gasteiger partial charge on any atom is 0.319 e. The second-order valence-corrected chi connectivity index (χ2v) is 10.2. The lowest BCUT2D eigenvalue weighted by Gasteiger charge is -2.42. The van der Waals surface area contributed by atoms with E-state index in [9.17, 15) is 14.4 Å². The molecule has 2 unspecified atom stereocenters. The highest BCUT2D eigenvalue weighted by atomic mass is 16.2. The number of nitrogens with zero attached hydrogens (tertiary/aromatic N) is 2. The van der Waals surface area contributed by atoms with Gasteiger partial charge in [0.2, 0.25) is 11.8 Å². The number of rotatable bonds is 6. The molecule has 0 radical (unpaired) electrons. The molecule has 1 saturated heterocycles. The lowest BCUT2D eigenvalue weighted by atomic mass is 9.87. The topological polar surface area (TPSA) is 81.8 Å². The van der Waals surface area contributed by atoms with E-state index in [4.69, 9.17) is 0 Å². The van der Waals surface area contributed by atoms with Crippen molar-refractivity contribution in [1.29, 1.82) is 0 Å². The molecule has 2 fully saturated rings. The van der Waals surface area contributed by atoms with E-state index in [0.29, 0.717) is 31.7 Å². The van der Waals surface area contributed by atoms with Crippen LogP contribution in [-0.4, -0.2) is 59.4 Å². The molecule has 1 saturated carbocycles. The smallest absolute Gasteiger partial charge is 0.319 e. The highest BCUT2D eigenvalue weighted by molar-refractivity contribution is 5.94. The summed E-state index contributed by atoms with van der Waals surface area (Å²) in [5, 5.41) is 5.74. The van der Waals surface area contributed by atoms with Gasteiger partial charge in [0, 0.05) is 43.7 Å². The van der Waals surface area contributed by atoms with E-state index >= 15 is 0 Å². The molecule has 2 atom stereocenters. The maximum absolute atomic E-state index is 13.6. The second-order valence-electron chi connectivity index (χ2n) is 10.2. The normalized spacial score (nSPS) is 19.4. The Kier molecular flexibility index (Phi) is 8.62. The van der Waals surface area contributed by atoms with Crippen LogP contribution in [-0.2, 0) is 16.0 Å². The molecule has 4 rings (SSSR count). The molecule has 1 heterocycles. The van der Waals surface area contributed by atoms with Crippen molar-refractivity contribution in [2.24, 2.45) is 5.92 Å². The van der Waals surface area contributed by atoms with Crippen LogP contribution in [0, 0.1) is 12.8 Å². The van der Waals surface area contributed by atoms with Crippen molar-refractivity contribution in [3.05, 3.63) is 65.7 Å². The number of anilines is 1. The number of carbonyl (C=O) groups excluding carboxylic acids is 3. The number of urea groups is 1. The standard InChI is InChI=1S/C29H38N4O3/c1-21-13-15-25(16-14-21)30-29(36)31-26(19-23-9-5-3-6-10-23)28(35)32-17-18-33(22(2)20-32)27(34)24-11-7-4-8-12-24/h3,5-6,9-10,13-16,22,24,26H,4,7-8,11-12,17-20H2,1-2H3,(H2,30,31,36). The predicted octanol–water partition coefficient (Wildman–Crippen LogP) is 4.37. The Morgan fingerprint density at radius 2 is 1.64 bits per heavy atom. The average Bonchev–Trinajstić information content (AvgIpc) is 2.90. The third-order valence-electron chi connectivity index (χ3n) is 7.37. The summed E-state index contributed by atoms with van der Waals surface area (Å²) in [7, 11) is 0. The summed E-state index contributed by atoms with van der Waals surface area (Å²) in [6.45, 7) is 5.50. The molecule has 36 heavy (non-hydrogen) atoms. The molecule has 2 aromatic carbocycles. The molecular weight excluding hydrogens is 452 g/mol. The molecule has 2 N–H and O–H groups in total. The van der Waals surface area contributed by atoms with Gasteiger partial charge in [-0.1, -0.05) is 67.3 Å². The summed E-state index contributed by atoms with van der Waals surface area (Å²) in [5.74, 6) is 0.252. The van der Waals surface area contributed by atoms with Crippen LogP contribution in [0.2, 0.25) is 0 Å². The van der Waals surface area contributed by atoms with Crippen LogP contribution in [0.4, 0.5) is 10.5 Å². The first-order chi connectivity index (χ1) is 17.4. The van der Waals surface area contributed by atoms with Gasteiger partial charge in [-0.15, -0.1) is 0 Å². The highest BCUT2D eigenvalue weighted by Crippen LogP contribution is 2.27. The molecule has 2 aromatic rings. The molecule has 0 spiro atoms. The summed E-state index contributed by atoms with van der Waals surface area (Å²) in [6.07, 6.45) is 5.82. The monoisotopic (exact) mass is 490 g/mol. The molecular formula is C29H38N4O3. The van der Waals surface area contributed by atoms with E-state index in [1.54, 1.807) is 4.90 Å². The molecule has 1 aliphatic carbocycles. The first kappa shape index (κ1) is 25.7. The lowest BCUT2D eigenvalue weighted by molar-refractivity contribution is -0.146. The Morgan fingerprint density at radius 3 is 2.31 bits per heavy atom. The molecule has 7 heteroatoms. The third-order valence-corrected chi connectivity index (χ3v) is 7.37. The van der Waals surface area contributed by atoms with Crippen molar-refractivity contribution >= 4 is 23.5 Å². The molecule has 0 aromatic heterocycles. The number of hydrogen-bond acceptors (Lipinski definition) is 3. The summed E-state index contributed by atoms with van der Waals surface area (Å²) >= 11 is 0. The van der Waals surface area contributed by atoms with Crippen molar-refractivity contribution in [3.8, 4) is 0 Å². The number of carbonyl (C=O) groups is 3. The fourth-order valence-corrected chi connectivity index (χ4v) is 5.30. The van der Waals surface area contributed by atoms with E-state index in [1.807, 2.05) is 73.3 Å². The first-order valence-electron chi connectivity index (χ1n) is 13.2. The van der Waals surface area contributed by atoms with Crippen LogP contribution in [0.3, 0.4) is 0 Å². The Morgan fingerprint density at radius 1 is 0.944 bits per heavy atom. The van der Waals surface area contributed by atoms with Gasteiger partial charge in [-0.2, -0.15) is 0 Å². The van der Waals surface area contributed by atoms with E-state index in [1.165, 1.54) is 6.42 Å². The van der Waals surface area contributed by atoms with Gasteiger partial charge in [0.05, 0.1) is 0 Å². The molecule has 4 amide bonds. The fraction of sp³-hybridized carbons (Fsp3) is 0.483. The SMILES string of the molecule is Cc1ccc(NC(=O)NC(Cc2ccccc2)C(=O)N2CCN(C(=O)C3CCCCC3)C(C)C2)cc1. The van der Waals surface area contributed by atoms with E-state index in [2.05, 4.69) is 10.6 Å². The van der Waals surface area contributed by atoms with Gasteiger partial charge < -0.3 is 20.4 Å². The van der Waals surface area contributed by atoms with E-state index < -0.39 is 12.1 Å². The van der Waals surface area contributed by atoms with E-state index in [0.717, 1.165) is 36.8 Å². The van der Waals surface area contributed by atoms with Gasteiger partial charge in [-0.3, -0.25) is 9.59 Å². The Labute approximate surface area is 214 Å². The fourth-order valence-electron chi connectivity index (χ4n) is 5.30. The van der Waals surface area contributed by atoms with Crippen LogP contribution in [0.15, 0.2) is 54.6 Å². The number of hydrogen-bond donors (Lipinski definition) is 2. The van der Waals surface area contributed by atoms with Gasteiger partial charge in [0.25, 0.3) is 0 Å². The summed E-state index contributed by atoms with van der Waals surface area (Å²) in [4.78, 5) is 43.3. The first-order valence-corrected chi connectivity index (χ1v) is 13.2. The van der Waals surface area contributed by atoms with Gasteiger partial charge in [-0.25, -0.2) is 4.79 Å². The van der Waals surface area contributed by atoms with Crippen molar-refractivity contribution in [1.82, 2.24) is 15.1 Å². The van der Waals surface area contributed by atoms with Crippen LogP contribution >= 0.6 is 0 Å². The summed E-state index contributed by atoms with van der Waals surface area (Å²) in [6, 6.07) is 16.1. The minimum absolute atomic E-state index is 0.0455. The number of amides is 4.